The summed E-state index contributed by atoms with van der Waals surface area (Å²) in [4.78, 5) is 7.45. The molecular formula is C14H8F6N4O. The van der Waals surface area contributed by atoms with Crippen LogP contribution in [0.1, 0.15) is 11.3 Å². The van der Waals surface area contributed by atoms with E-state index in [-0.39, 0.29) is 17.2 Å². The first-order valence-electron chi connectivity index (χ1n) is 6.49. The zero-order chi connectivity index (χ0) is 18.7. The molecule has 0 aliphatic heterocycles. The fourth-order valence-corrected chi connectivity index (χ4v) is 1.76. The van der Waals surface area contributed by atoms with Crippen LogP contribution < -0.4 is 10.1 Å². The van der Waals surface area contributed by atoms with Crippen LogP contribution in [0.15, 0.2) is 30.6 Å². The van der Waals surface area contributed by atoms with Gasteiger partial charge >= 0.3 is 12.4 Å². The Labute approximate surface area is 136 Å². The minimum atomic E-state index is -4.95. The molecule has 0 fully saturated rings. The maximum Gasteiger partial charge on any atom is 0.422 e. The first-order valence-corrected chi connectivity index (χ1v) is 6.49. The lowest BCUT2D eigenvalue weighted by Gasteiger charge is -2.16. The number of anilines is 2. The van der Waals surface area contributed by atoms with Gasteiger partial charge in [-0.15, -0.1) is 0 Å². The highest BCUT2D eigenvalue weighted by Crippen LogP contribution is 2.39. The van der Waals surface area contributed by atoms with Crippen LogP contribution in [0, 0.1) is 11.3 Å². The molecule has 25 heavy (non-hydrogen) atoms. The lowest BCUT2D eigenvalue weighted by Crippen LogP contribution is -2.21. The smallest absolute Gasteiger partial charge is 0.422 e. The van der Waals surface area contributed by atoms with E-state index in [4.69, 9.17) is 5.26 Å². The topological polar surface area (TPSA) is 70.8 Å². The van der Waals surface area contributed by atoms with Gasteiger partial charge < -0.3 is 10.1 Å². The number of nitrogens with zero attached hydrogens (tertiary/aromatic N) is 3. The summed E-state index contributed by atoms with van der Waals surface area (Å²) in [7, 11) is 0. The number of rotatable bonds is 4. The Kier molecular flexibility index (Phi) is 5.01. The predicted molar refractivity (Wildman–Crippen MR) is 73.0 cm³/mol. The van der Waals surface area contributed by atoms with Crippen molar-refractivity contribution in [2.75, 3.05) is 11.9 Å². The maximum atomic E-state index is 13.1. The van der Waals surface area contributed by atoms with E-state index in [1.165, 1.54) is 12.4 Å². The molecular weight excluding hydrogens is 354 g/mol. The molecule has 11 heteroatoms. The number of halogens is 6. The van der Waals surface area contributed by atoms with Gasteiger partial charge in [-0.05, 0) is 18.2 Å². The van der Waals surface area contributed by atoms with Crippen LogP contribution in [0.4, 0.5) is 37.8 Å². The van der Waals surface area contributed by atoms with E-state index in [0.717, 1.165) is 12.1 Å². The molecule has 2 rings (SSSR count). The van der Waals surface area contributed by atoms with Gasteiger partial charge in [0.1, 0.15) is 11.8 Å². The van der Waals surface area contributed by atoms with Gasteiger partial charge in [-0.1, -0.05) is 0 Å². The SMILES string of the molecule is N#Cc1nccnc1Nc1ccc(OCC(F)(F)F)c(C(F)(F)F)c1. The molecule has 0 amide bonds. The fraction of sp³-hybridized carbons (Fsp3) is 0.214. The molecule has 0 spiro atoms. The number of hydrogen-bond donors (Lipinski definition) is 1. The van der Waals surface area contributed by atoms with Gasteiger partial charge in [0.05, 0.1) is 5.56 Å². The standard InChI is InChI=1S/C14H8F6N4O/c15-13(16,17)7-25-11-2-1-8(5-9(11)14(18,19)20)24-12-10(6-21)22-3-4-23-12/h1-5H,7H2,(H,23,24). The Morgan fingerprint density at radius 1 is 1.08 bits per heavy atom. The molecule has 0 saturated heterocycles. The number of benzene rings is 1. The van der Waals surface area contributed by atoms with Crippen molar-refractivity contribution in [3.05, 3.63) is 41.9 Å². The summed E-state index contributed by atoms with van der Waals surface area (Å²) in [6.07, 6.45) is -7.28. The third-order valence-corrected chi connectivity index (χ3v) is 2.74. The second-order valence-electron chi connectivity index (χ2n) is 4.60. The van der Waals surface area contributed by atoms with Crippen molar-refractivity contribution in [2.45, 2.75) is 12.4 Å². The van der Waals surface area contributed by atoms with Crippen LogP contribution in [0.25, 0.3) is 0 Å². The highest BCUT2D eigenvalue weighted by Gasteiger charge is 2.36. The minimum absolute atomic E-state index is 0.0953. The summed E-state index contributed by atoms with van der Waals surface area (Å²) in [5, 5.41) is 11.3. The number of alkyl halides is 6. The van der Waals surface area contributed by atoms with Crippen LogP contribution in [-0.4, -0.2) is 22.8 Å². The van der Waals surface area contributed by atoms with Gasteiger partial charge in [-0.25, -0.2) is 9.97 Å². The maximum absolute atomic E-state index is 13.1. The second kappa shape index (κ2) is 6.84. The molecule has 5 nitrogen and oxygen atoms in total. The average molecular weight is 362 g/mol. The Morgan fingerprint density at radius 2 is 1.76 bits per heavy atom. The quantitative estimate of drug-likeness (QED) is 0.831. The molecule has 132 valence electrons. The normalized spacial score (nSPS) is 11.7. The van der Waals surface area contributed by atoms with E-state index in [1.807, 2.05) is 0 Å². The van der Waals surface area contributed by atoms with Gasteiger partial charge in [0, 0.05) is 18.1 Å². The molecule has 0 unspecified atom stereocenters. The summed E-state index contributed by atoms with van der Waals surface area (Å²) >= 11 is 0. The third kappa shape index (κ3) is 4.97. The molecule has 1 N–H and O–H groups in total. The van der Waals surface area contributed by atoms with Crippen LogP contribution in [-0.2, 0) is 6.18 Å². The number of aromatic nitrogens is 2. The van der Waals surface area contributed by atoms with Gasteiger partial charge in [-0.3, -0.25) is 0 Å². The molecule has 1 aromatic heterocycles. The van der Waals surface area contributed by atoms with Gasteiger partial charge in [0.25, 0.3) is 0 Å². The van der Waals surface area contributed by atoms with E-state index in [1.54, 1.807) is 6.07 Å². The molecule has 1 aromatic carbocycles. The van der Waals surface area contributed by atoms with Crippen LogP contribution in [0.2, 0.25) is 0 Å². The first kappa shape index (κ1) is 18.3. The van der Waals surface area contributed by atoms with Crippen molar-refractivity contribution in [2.24, 2.45) is 0 Å². The summed E-state index contributed by atoms with van der Waals surface area (Å²) in [6, 6.07) is 4.07. The summed E-state index contributed by atoms with van der Waals surface area (Å²) < 4.78 is 79.9. The minimum Gasteiger partial charge on any atom is -0.483 e. The molecule has 0 aliphatic rings. The van der Waals surface area contributed by atoms with E-state index in [0.29, 0.717) is 6.07 Å². The van der Waals surface area contributed by atoms with Crippen LogP contribution in [0.3, 0.4) is 0 Å². The fourth-order valence-electron chi connectivity index (χ4n) is 1.76. The number of nitrogens with one attached hydrogen (secondary N) is 1. The largest absolute Gasteiger partial charge is 0.483 e. The van der Waals surface area contributed by atoms with Gasteiger partial charge in [-0.2, -0.15) is 31.6 Å². The molecule has 0 bridgehead atoms. The van der Waals surface area contributed by atoms with E-state index >= 15 is 0 Å². The molecule has 1 heterocycles. The van der Waals surface area contributed by atoms with Gasteiger partial charge in [0.2, 0.25) is 0 Å². The number of nitriles is 1. The Bertz CT molecular complexity index is 797. The molecule has 0 aliphatic carbocycles. The third-order valence-electron chi connectivity index (χ3n) is 2.74. The Morgan fingerprint density at radius 3 is 2.36 bits per heavy atom. The highest BCUT2D eigenvalue weighted by molar-refractivity contribution is 5.63. The monoisotopic (exact) mass is 362 g/mol. The zero-order valence-corrected chi connectivity index (χ0v) is 12.1. The van der Waals surface area contributed by atoms with Crippen molar-refractivity contribution < 1.29 is 31.1 Å². The number of ether oxygens (including phenoxy) is 1. The summed E-state index contributed by atoms with van der Waals surface area (Å²) in [5.41, 5.74) is -1.71. The van der Waals surface area contributed by atoms with E-state index in [9.17, 15) is 26.3 Å². The molecule has 0 radical (unpaired) electrons. The lowest BCUT2D eigenvalue weighted by molar-refractivity contribution is -0.158. The molecule has 0 atom stereocenters. The van der Waals surface area contributed by atoms with Crippen LogP contribution >= 0.6 is 0 Å². The van der Waals surface area contributed by atoms with Crippen molar-refractivity contribution in [3.8, 4) is 11.8 Å². The van der Waals surface area contributed by atoms with Crippen LogP contribution in [0.5, 0.6) is 5.75 Å². The first-order chi connectivity index (χ1) is 11.6. The lowest BCUT2D eigenvalue weighted by atomic mass is 10.1. The zero-order valence-electron chi connectivity index (χ0n) is 12.1. The Balaban J connectivity index is 2.34. The highest BCUT2D eigenvalue weighted by atomic mass is 19.4. The summed E-state index contributed by atoms with van der Waals surface area (Å²) in [6.45, 7) is -1.86. The second-order valence-corrected chi connectivity index (χ2v) is 4.60. The predicted octanol–water partition coefficient (Wildman–Crippen LogP) is 4.05. The van der Waals surface area contributed by atoms with Crippen molar-refractivity contribution in [1.82, 2.24) is 9.97 Å². The number of hydrogen-bond acceptors (Lipinski definition) is 5. The Hall–Kier alpha value is -3.03. The summed E-state index contributed by atoms with van der Waals surface area (Å²) in [5.74, 6) is -1.06. The molecule has 2 aromatic rings. The van der Waals surface area contributed by atoms with Crippen molar-refractivity contribution >= 4 is 11.5 Å². The van der Waals surface area contributed by atoms with Crippen molar-refractivity contribution in [3.63, 3.8) is 0 Å². The van der Waals surface area contributed by atoms with E-state index < -0.39 is 30.3 Å². The van der Waals surface area contributed by atoms with E-state index in [2.05, 4.69) is 20.0 Å². The van der Waals surface area contributed by atoms with Crippen molar-refractivity contribution in [1.29, 1.82) is 5.26 Å². The molecule has 0 saturated carbocycles. The average Bonchev–Trinajstić information content (AvgIpc) is 2.52. The van der Waals surface area contributed by atoms with Gasteiger partial charge in [0.15, 0.2) is 18.1 Å².